The van der Waals surface area contributed by atoms with Crippen LogP contribution >= 0.6 is 0 Å². The monoisotopic (exact) mass is 270 g/mol. The smallest absolute Gasteiger partial charge is 0.194 e. The Kier molecular flexibility index (Phi) is 3.60. The predicted molar refractivity (Wildman–Crippen MR) is 82.1 cm³/mol. The molecule has 1 aliphatic carbocycles. The average molecular weight is 270 g/mol. The van der Waals surface area contributed by atoms with E-state index in [4.69, 9.17) is 0 Å². The lowest BCUT2D eigenvalue weighted by Crippen LogP contribution is -2.19. The van der Waals surface area contributed by atoms with E-state index in [1.807, 2.05) is 26.0 Å². The zero-order valence-corrected chi connectivity index (χ0v) is 12.3. The molecule has 2 aromatic heterocycles. The fourth-order valence-electron chi connectivity index (χ4n) is 3.35. The summed E-state index contributed by atoms with van der Waals surface area (Å²) >= 11 is 0. The van der Waals surface area contributed by atoms with E-state index in [-0.39, 0.29) is 5.43 Å². The van der Waals surface area contributed by atoms with Gasteiger partial charge in [0, 0.05) is 17.0 Å². The summed E-state index contributed by atoms with van der Waals surface area (Å²) in [5.74, 6) is 0.680. The van der Waals surface area contributed by atoms with Gasteiger partial charge in [0.2, 0.25) is 0 Å². The second-order valence-electron chi connectivity index (χ2n) is 6.11. The number of H-pyrrole nitrogens is 1. The second kappa shape index (κ2) is 5.39. The lowest BCUT2D eigenvalue weighted by molar-refractivity contribution is 0.355. The first kappa shape index (κ1) is 13.3. The molecule has 3 nitrogen and oxygen atoms in total. The number of fused-ring (bicyclic) bond motifs is 1. The first-order valence-electron chi connectivity index (χ1n) is 7.64. The number of aryl methyl sites for hydroxylation is 2. The fourth-order valence-corrected chi connectivity index (χ4v) is 3.35. The van der Waals surface area contributed by atoms with Crippen LogP contribution in [0.15, 0.2) is 16.9 Å². The second-order valence-corrected chi connectivity index (χ2v) is 6.11. The number of rotatable bonds is 2. The molecule has 3 rings (SSSR count). The molecule has 3 heteroatoms. The van der Waals surface area contributed by atoms with E-state index >= 15 is 0 Å². The molecule has 106 valence electrons. The maximum Gasteiger partial charge on any atom is 0.194 e. The highest BCUT2D eigenvalue weighted by Gasteiger charge is 2.18. The highest BCUT2D eigenvalue weighted by atomic mass is 16.1. The molecule has 0 radical (unpaired) electrons. The summed E-state index contributed by atoms with van der Waals surface area (Å²) < 4.78 is 0. The van der Waals surface area contributed by atoms with Gasteiger partial charge in [-0.25, -0.2) is 4.98 Å². The van der Waals surface area contributed by atoms with Crippen molar-refractivity contribution in [2.24, 2.45) is 5.92 Å². The van der Waals surface area contributed by atoms with Crippen LogP contribution in [0.25, 0.3) is 11.0 Å². The summed E-state index contributed by atoms with van der Waals surface area (Å²) in [6, 6.07) is 3.82. The van der Waals surface area contributed by atoms with Gasteiger partial charge in [0.15, 0.2) is 5.43 Å². The van der Waals surface area contributed by atoms with E-state index in [1.165, 1.54) is 32.1 Å². The Labute approximate surface area is 119 Å². The summed E-state index contributed by atoms with van der Waals surface area (Å²) in [5.41, 5.74) is 3.79. The topological polar surface area (TPSA) is 45.8 Å². The van der Waals surface area contributed by atoms with E-state index < -0.39 is 0 Å². The largest absolute Gasteiger partial charge is 0.343 e. The molecule has 1 fully saturated rings. The van der Waals surface area contributed by atoms with Gasteiger partial charge in [-0.05, 0) is 38.3 Å². The quantitative estimate of drug-likeness (QED) is 0.905. The van der Waals surface area contributed by atoms with Crippen LogP contribution < -0.4 is 5.43 Å². The molecule has 2 heterocycles. The van der Waals surface area contributed by atoms with Gasteiger partial charge in [0.05, 0.1) is 5.39 Å². The highest BCUT2D eigenvalue weighted by molar-refractivity contribution is 5.75. The van der Waals surface area contributed by atoms with E-state index in [0.717, 1.165) is 34.4 Å². The predicted octanol–water partition coefficient (Wildman–Crippen LogP) is 3.66. The molecule has 0 saturated heterocycles. The third-order valence-corrected chi connectivity index (χ3v) is 4.53. The zero-order chi connectivity index (χ0) is 14.1. The van der Waals surface area contributed by atoms with Crippen molar-refractivity contribution in [2.75, 3.05) is 0 Å². The summed E-state index contributed by atoms with van der Waals surface area (Å²) in [6.07, 6.45) is 7.44. The van der Waals surface area contributed by atoms with Crippen molar-refractivity contribution in [3.05, 3.63) is 39.3 Å². The van der Waals surface area contributed by atoms with Gasteiger partial charge in [-0.3, -0.25) is 4.79 Å². The molecule has 1 saturated carbocycles. The summed E-state index contributed by atoms with van der Waals surface area (Å²) in [6.45, 7) is 3.95. The maximum atomic E-state index is 12.7. The minimum absolute atomic E-state index is 0.175. The molecule has 0 bridgehead atoms. The lowest BCUT2D eigenvalue weighted by Gasteiger charge is -2.22. The molecular weight excluding hydrogens is 248 g/mol. The zero-order valence-electron chi connectivity index (χ0n) is 12.3. The maximum absolute atomic E-state index is 12.7. The Balaban J connectivity index is 2.02. The Morgan fingerprint density at radius 2 is 1.95 bits per heavy atom. The normalized spacial score (nSPS) is 16.7. The molecule has 0 aromatic carbocycles. The van der Waals surface area contributed by atoms with E-state index in [0.29, 0.717) is 5.92 Å². The van der Waals surface area contributed by atoms with Crippen molar-refractivity contribution in [2.45, 2.75) is 52.4 Å². The molecule has 20 heavy (non-hydrogen) atoms. The van der Waals surface area contributed by atoms with Gasteiger partial charge < -0.3 is 4.98 Å². The van der Waals surface area contributed by atoms with E-state index in [9.17, 15) is 4.79 Å². The average Bonchev–Trinajstić information content (AvgIpc) is 2.44. The van der Waals surface area contributed by atoms with Gasteiger partial charge in [0.1, 0.15) is 5.65 Å². The Morgan fingerprint density at radius 3 is 2.70 bits per heavy atom. The van der Waals surface area contributed by atoms with Crippen LogP contribution in [0.5, 0.6) is 0 Å². The van der Waals surface area contributed by atoms with Crippen molar-refractivity contribution >= 4 is 11.0 Å². The fraction of sp³-hybridized carbons (Fsp3) is 0.529. The van der Waals surface area contributed by atoms with Crippen molar-refractivity contribution in [1.82, 2.24) is 9.97 Å². The van der Waals surface area contributed by atoms with Gasteiger partial charge in [0.25, 0.3) is 0 Å². The van der Waals surface area contributed by atoms with Crippen molar-refractivity contribution in [1.29, 1.82) is 0 Å². The minimum atomic E-state index is 0.175. The standard InChI is InChI=1S/C17H22N2O/c1-11-8-9-14-16(20)15(12(2)19-17(14)18-11)10-13-6-4-3-5-7-13/h8-9,13H,3-7,10H2,1-2H3,(H,18,19,20). The van der Waals surface area contributed by atoms with Crippen molar-refractivity contribution in [3.8, 4) is 0 Å². The number of aromatic amines is 1. The number of hydrogen-bond acceptors (Lipinski definition) is 2. The molecule has 0 atom stereocenters. The Hall–Kier alpha value is -1.64. The molecular formula is C17H22N2O. The molecule has 1 aliphatic rings. The molecule has 1 N–H and O–H groups in total. The van der Waals surface area contributed by atoms with Crippen LogP contribution in [0.2, 0.25) is 0 Å². The first-order chi connectivity index (χ1) is 9.65. The lowest BCUT2D eigenvalue weighted by atomic mass is 9.84. The molecule has 2 aromatic rings. The highest BCUT2D eigenvalue weighted by Crippen LogP contribution is 2.27. The molecule has 0 unspecified atom stereocenters. The van der Waals surface area contributed by atoms with E-state index in [1.54, 1.807) is 0 Å². The Bertz CT molecular complexity index is 681. The molecule has 0 aliphatic heterocycles. The van der Waals surface area contributed by atoms with Crippen LogP contribution in [-0.2, 0) is 6.42 Å². The van der Waals surface area contributed by atoms with Crippen LogP contribution in [0.3, 0.4) is 0 Å². The van der Waals surface area contributed by atoms with Crippen molar-refractivity contribution < 1.29 is 0 Å². The number of hydrogen-bond donors (Lipinski definition) is 1. The van der Waals surface area contributed by atoms with Crippen LogP contribution in [0.1, 0.15) is 49.1 Å². The summed E-state index contributed by atoms with van der Waals surface area (Å²) in [5, 5.41) is 0.729. The summed E-state index contributed by atoms with van der Waals surface area (Å²) in [4.78, 5) is 20.4. The van der Waals surface area contributed by atoms with E-state index in [2.05, 4.69) is 9.97 Å². The van der Waals surface area contributed by atoms with Gasteiger partial charge in [-0.1, -0.05) is 32.1 Å². The first-order valence-corrected chi connectivity index (χ1v) is 7.64. The third-order valence-electron chi connectivity index (χ3n) is 4.53. The van der Waals surface area contributed by atoms with Crippen LogP contribution in [0.4, 0.5) is 0 Å². The van der Waals surface area contributed by atoms with Gasteiger partial charge >= 0.3 is 0 Å². The number of nitrogens with zero attached hydrogens (tertiary/aromatic N) is 1. The van der Waals surface area contributed by atoms with Crippen LogP contribution in [-0.4, -0.2) is 9.97 Å². The molecule has 0 amide bonds. The Morgan fingerprint density at radius 1 is 1.20 bits per heavy atom. The minimum Gasteiger partial charge on any atom is -0.343 e. The van der Waals surface area contributed by atoms with Crippen LogP contribution in [0, 0.1) is 19.8 Å². The van der Waals surface area contributed by atoms with Gasteiger partial charge in [-0.2, -0.15) is 0 Å². The third kappa shape index (κ3) is 2.49. The van der Waals surface area contributed by atoms with Crippen molar-refractivity contribution in [3.63, 3.8) is 0 Å². The van der Waals surface area contributed by atoms with Gasteiger partial charge in [-0.15, -0.1) is 0 Å². The number of aromatic nitrogens is 2. The molecule has 0 spiro atoms. The SMILES string of the molecule is Cc1ccc2c(=O)c(CC3CCCCC3)c(C)[nH]c2n1. The number of nitrogens with one attached hydrogen (secondary N) is 1. The summed E-state index contributed by atoms with van der Waals surface area (Å²) in [7, 11) is 0. The number of pyridine rings is 2.